The molecular formula is C30H32N8O3. The van der Waals surface area contributed by atoms with Crippen LogP contribution in [0.1, 0.15) is 50.8 Å². The second kappa shape index (κ2) is 10.6. The number of benzene rings is 1. The van der Waals surface area contributed by atoms with Crippen molar-refractivity contribution in [3.8, 4) is 11.5 Å². The van der Waals surface area contributed by atoms with Crippen LogP contribution in [0.3, 0.4) is 0 Å². The van der Waals surface area contributed by atoms with Crippen LogP contribution in [0.5, 0.6) is 11.5 Å². The number of rotatable bonds is 5. The van der Waals surface area contributed by atoms with Gasteiger partial charge in [0, 0.05) is 42.7 Å². The molecule has 0 unspecified atom stereocenters. The van der Waals surface area contributed by atoms with Crippen molar-refractivity contribution in [2.45, 2.75) is 52.1 Å². The van der Waals surface area contributed by atoms with Gasteiger partial charge in [0.1, 0.15) is 35.3 Å². The van der Waals surface area contributed by atoms with Crippen molar-refractivity contribution < 1.29 is 14.3 Å². The van der Waals surface area contributed by atoms with E-state index in [0.717, 1.165) is 41.1 Å². The molecule has 6 rings (SSSR count). The number of nitrogens with one attached hydrogen (secondary N) is 1. The Morgan fingerprint density at radius 3 is 2.76 bits per heavy atom. The molecule has 0 aliphatic carbocycles. The number of fused-ring (bicyclic) bond motifs is 2. The molecule has 0 bridgehead atoms. The Kier molecular flexibility index (Phi) is 6.86. The molecule has 1 amide bonds. The third-order valence-electron chi connectivity index (χ3n) is 6.91. The second-order valence-electron chi connectivity index (χ2n) is 11.2. The Morgan fingerprint density at radius 2 is 1.93 bits per heavy atom. The summed E-state index contributed by atoms with van der Waals surface area (Å²) >= 11 is 0. The Hall–Kier alpha value is -4.80. The van der Waals surface area contributed by atoms with Crippen LogP contribution in [0.15, 0.2) is 61.3 Å². The topological polar surface area (TPSA) is 120 Å². The normalized spacial score (nSPS) is 15.7. The Bertz CT molecular complexity index is 1730. The first kappa shape index (κ1) is 26.4. The summed E-state index contributed by atoms with van der Waals surface area (Å²) in [6.45, 7) is 8.89. The lowest BCUT2D eigenvalue weighted by molar-refractivity contribution is 0.0197. The molecule has 41 heavy (non-hydrogen) atoms. The van der Waals surface area contributed by atoms with E-state index in [4.69, 9.17) is 14.5 Å². The smallest absolute Gasteiger partial charge is 0.410 e. The predicted octanol–water partition coefficient (Wildman–Crippen LogP) is 6.03. The van der Waals surface area contributed by atoms with E-state index < -0.39 is 5.60 Å². The number of hydrogen-bond acceptors (Lipinski definition) is 9. The van der Waals surface area contributed by atoms with E-state index in [1.165, 1.54) is 12.7 Å². The molecule has 1 atom stereocenters. The van der Waals surface area contributed by atoms with Crippen LogP contribution in [0.4, 0.5) is 16.3 Å². The van der Waals surface area contributed by atoms with Crippen LogP contribution in [0.2, 0.25) is 0 Å². The van der Waals surface area contributed by atoms with Crippen LogP contribution in [0.25, 0.3) is 16.7 Å². The molecule has 5 heterocycles. The van der Waals surface area contributed by atoms with E-state index in [9.17, 15) is 4.79 Å². The van der Waals surface area contributed by atoms with Gasteiger partial charge >= 0.3 is 6.09 Å². The van der Waals surface area contributed by atoms with Crippen LogP contribution in [0, 0.1) is 6.92 Å². The van der Waals surface area contributed by atoms with E-state index in [2.05, 4.69) is 25.4 Å². The van der Waals surface area contributed by atoms with Gasteiger partial charge in [0.25, 0.3) is 0 Å². The van der Waals surface area contributed by atoms with Crippen LogP contribution < -0.4 is 10.1 Å². The van der Waals surface area contributed by atoms with Crippen molar-refractivity contribution in [1.82, 2.24) is 34.4 Å². The minimum atomic E-state index is -0.530. The van der Waals surface area contributed by atoms with Crippen LogP contribution in [-0.2, 0) is 4.74 Å². The zero-order chi connectivity index (χ0) is 28.6. The minimum absolute atomic E-state index is 0.101. The van der Waals surface area contributed by atoms with Gasteiger partial charge in [-0.1, -0.05) is 0 Å². The molecule has 1 aromatic carbocycles. The van der Waals surface area contributed by atoms with Gasteiger partial charge in [0.15, 0.2) is 11.5 Å². The van der Waals surface area contributed by atoms with Gasteiger partial charge in [-0.05, 0) is 82.5 Å². The highest BCUT2D eigenvalue weighted by molar-refractivity contribution is 5.87. The fraction of sp³-hybridized carbons (Fsp3) is 0.333. The molecule has 1 fully saturated rings. The average molecular weight is 553 g/mol. The minimum Gasteiger partial charge on any atom is -0.457 e. The standard InChI is InChI=1S/C30H32N8O3/c1-19-14-21(7-10-25(19)40-22-11-13-38-26(15-22)32-18-34-38)35-28-27-24(31-17-33-28)9-8-23(36-27)20-6-5-12-37(16-20)29(39)41-30(2,3)4/h7-11,13-15,17-18,20H,5-6,12,16H2,1-4H3,(H,31,33,35)/t20-/m0/s1. The third kappa shape index (κ3) is 5.88. The van der Waals surface area contributed by atoms with E-state index in [1.807, 2.05) is 76.4 Å². The van der Waals surface area contributed by atoms with Crippen molar-refractivity contribution in [2.24, 2.45) is 0 Å². The Labute approximate surface area is 237 Å². The molecule has 0 saturated carbocycles. The highest BCUT2D eigenvalue weighted by Gasteiger charge is 2.29. The SMILES string of the molecule is Cc1cc(Nc2ncnc3ccc([C@H]4CCCN(C(=O)OC(C)(C)C)C4)nc23)ccc1Oc1ccn2ncnc2c1. The number of pyridine rings is 2. The zero-order valence-electron chi connectivity index (χ0n) is 23.5. The van der Waals surface area contributed by atoms with Gasteiger partial charge in [0.05, 0.1) is 5.52 Å². The van der Waals surface area contributed by atoms with Gasteiger partial charge < -0.3 is 19.7 Å². The van der Waals surface area contributed by atoms with Crippen molar-refractivity contribution in [1.29, 1.82) is 0 Å². The molecule has 1 N–H and O–H groups in total. The molecule has 0 radical (unpaired) electrons. The van der Waals surface area contributed by atoms with Crippen LogP contribution >= 0.6 is 0 Å². The second-order valence-corrected chi connectivity index (χ2v) is 11.2. The van der Waals surface area contributed by atoms with E-state index in [1.54, 1.807) is 9.42 Å². The lowest BCUT2D eigenvalue weighted by Gasteiger charge is -2.34. The number of nitrogens with zero attached hydrogens (tertiary/aromatic N) is 7. The molecule has 0 spiro atoms. The molecule has 11 nitrogen and oxygen atoms in total. The van der Waals surface area contributed by atoms with E-state index >= 15 is 0 Å². The first-order chi connectivity index (χ1) is 19.7. The summed E-state index contributed by atoms with van der Waals surface area (Å²) in [6, 6.07) is 13.5. The summed E-state index contributed by atoms with van der Waals surface area (Å²) in [5.74, 6) is 2.13. The van der Waals surface area contributed by atoms with E-state index in [0.29, 0.717) is 35.8 Å². The van der Waals surface area contributed by atoms with Crippen molar-refractivity contribution in [2.75, 3.05) is 18.4 Å². The lowest BCUT2D eigenvalue weighted by atomic mass is 9.94. The van der Waals surface area contributed by atoms with Gasteiger partial charge in [-0.15, -0.1) is 0 Å². The molecule has 210 valence electrons. The number of carbonyl (C=O) groups is 1. The average Bonchev–Trinajstić information content (AvgIpc) is 3.42. The first-order valence-electron chi connectivity index (χ1n) is 13.7. The highest BCUT2D eigenvalue weighted by atomic mass is 16.6. The number of hydrogen-bond donors (Lipinski definition) is 1. The van der Waals surface area contributed by atoms with Gasteiger partial charge in [-0.3, -0.25) is 0 Å². The third-order valence-corrected chi connectivity index (χ3v) is 6.91. The van der Waals surface area contributed by atoms with Crippen molar-refractivity contribution >= 4 is 34.3 Å². The number of aromatic nitrogens is 6. The maximum absolute atomic E-state index is 12.7. The maximum atomic E-state index is 12.7. The zero-order valence-corrected chi connectivity index (χ0v) is 23.5. The molecule has 1 aliphatic rings. The molecule has 4 aromatic heterocycles. The Morgan fingerprint density at radius 1 is 1.05 bits per heavy atom. The van der Waals surface area contributed by atoms with Crippen LogP contribution in [-0.4, -0.2) is 59.2 Å². The summed E-state index contributed by atoms with van der Waals surface area (Å²) < 4.78 is 13.4. The summed E-state index contributed by atoms with van der Waals surface area (Å²) in [4.78, 5) is 32.6. The number of amides is 1. The van der Waals surface area contributed by atoms with Gasteiger partial charge in [-0.2, -0.15) is 5.10 Å². The first-order valence-corrected chi connectivity index (χ1v) is 13.7. The molecule has 1 aliphatic heterocycles. The molecule has 11 heteroatoms. The number of carbonyl (C=O) groups excluding carboxylic acids is 1. The monoisotopic (exact) mass is 552 g/mol. The molecule has 1 saturated heterocycles. The summed E-state index contributed by atoms with van der Waals surface area (Å²) in [5, 5.41) is 7.52. The Balaban J connectivity index is 1.20. The number of likely N-dealkylation sites (tertiary alicyclic amines) is 1. The van der Waals surface area contributed by atoms with Gasteiger partial charge in [-0.25, -0.2) is 29.2 Å². The van der Waals surface area contributed by atoms with Gasteiger partial charge in [0.2, 0.25) is 0 Å². The lowest BCUT2D eigenvalue weighted by Crippen LogP contribution is -2.42. The summed E-state index contributed by atoms with van der Waals surface area (Å²) in [5.41, 5.74) is 4.32. The fourth-order valence-electron chi connectivity index (χ4n) is 4.95. The fourth-order valence-corrected chi connectivity index (χ4v) is 4.95. The molecular weight excluding hydrogens is 520 g/mol. The summed E-state index contributed by atoms with van der Waals surface area (Å²) in [6.07, 6.45) is 6.40. The van der Waals surface area contributed by atoms with Crippen molar-refractivity contribution in [3.05, 3.63) is 72.6 Å². The number of ether oxygens (including phenoxy) is 2. The maximum Gasteiger partial charge on any atom is 0.410 e. The molecule has 5 aromatic rings. The number of aryl methyl sites for hydroxylation is 1. The quantitative estimate of drug-likeness (QED) is 0.279. The number of piperidine rings is 1. The number of anilines is 2. The largest absolute Gasteiger partial charge is 0.457 e. The van der Waals surface area contributed by atoms with Crippen molar-refractivity contribution in [3.63, 3.8) is 0 Å². The predicted molar refractivity (Wildman–Crippen MR) is 155 cm³/mol. The highest BCUT2D eigenvalue weighted by Crippen LogP contribution is 2.32. The summed E-state index contributed by atoms with van der Waals surface area (Å²) in [7, 11) is 0. The van der Waals surface area contributed by atoms with E-state index in [-0.39, 0.29) is 12.0 Å².